The maximum absolute atomic E-state index is 11.8. The Morgan fingerprint density at radius 3 is 2.52 bits per heavy atom. The van der Waals surface area contributed by atoms with Crippen LogP contribution in [0.25, 0.3) is 0 Å². The molecule has 7 nitrogen and oxygen atoms in total. The predicted molar refractivity (Wildman–Crippen MR) is 94.5 cm³/mol. The summed E-state index contributed by atoms with van der Waals surface area (Å²) in [6, 6.07) is 4.89. The van der Waals surface area contributed by atoms with Crippen LogP contribution in [0.15, 0.2) is 23.4 Å². The molecule has 9 heteroatoms. The van der Waals surface area contributed by atoms with Gasteiger partial charge in [-0.05, 0) is 25.0 Å². The second-order valence-corrected chi connectivity index (χ2v) is 8.67. The average molecular weight is 380 g/mol. The number of hydrogen-bond acceptors (Lipinski definition) is 6. The van der Waals surface area contributed by atoms with Crippen LogP contribution in [0.4, 0.5) is 5.69 Å². The molecular weight excluding hydrogens is 362 g/mol. The largest absolute Gasteiger partial charge is 0.369 e. The first kappa shape index (κ1) is 17.7. The second-order valence-electron chi connectivity index (χ2n) is 6.25. The minimum atomic E-state index is -3.42. The van der Waals surface area contributed by atoms with Crippen molar-refractivity contribution in [3.63, 3.8) is 0 Å². The second kappa shape index (κ2) is 6.65. The van der Waals surface area contributed by atoms with Crippen LogP contribution in [-0.4, -0.2) is 42.5 Å². The van der Waals surface area contributed by atoms with Crippen molar-refractivity contribution in [3.8, 4) is 6.07 Å². The van der Waals surface area contributed by atoms with Crippen LogP contribution >= 0.6 is 11.6 Å². The summed E-state index contributed by atoms with van der Waals surface area (Å²) in [5.41, 5.74) is 0.887. The van der Waals surface area contributed by atoms with Crippen LogP contribution in [-0.2, 0) is 16.9 Å². The number of aromatic nitrogens is 3. The van der Waals surface area contributed by atoms with E-state index in [9.17, 15) is 13.7 Å². The van der Waals surface area contributed by atoms with Gasteiger partial charge in [-0.3, -0.25) is 0 Å². The Kier molecular flexibility index (Phi) is 4.71. The highest BCUT2D eigenvalue weighted by Crippen LogP contribution is 2.36. The predicted octanol–water partition coefficient (Wildman–Crippen LogP) is 2.13. The Bertz CT molecular complexity index is 940. The van der Waals surface area contributed by atoms with Crippen molar-refractivity contribution in [2.24, 2.45) is 7.05 Å². The molecule has 0 N–H and O–H groups in total. The highest BCUT2D eigenvalue weighted by Gasteiger charge is 2.27. The number of aryl methyl sites for hydroxylation is 1. The van der Waals surface area contributed by atoms with Crippen LogP contribution in [0, 0.1) is 11.3 Å². The van der Waals surface area contributed by atoms with Gasteiger partial charge in [0.2, 0.25) is 0 Å². The SMILES string of the molecule is Cn1cnnc1C1CCN(c2c(Cl)cc(S(C)(=O)=O)cc2C#N)CC1. The summed E-state index contributed by atoms with van der Waals surface area (Å²) in [6.07, 6.45) is 4.52. The molecule has 2 aromatic rings. The number of anilines is 1. The van der Waals surface area contributed by atoms with Gasteiger partial charge in [-0.15, -0.1) is 10.2 Å². The molecule has 0 unspecified atom stereocenters. The van der Waals surface area contributed by atoms with Gasteiger partial charge < -0.3 is 9.47 Å². The molecule has 2 heterocycles. The van der Waals surface area contributed by atoms with Gasteiger partial charge in [0.15, 0.2) is 9.84 Å². The molecule has 0 atom stereocenters. The van der Waals surface area contributed by atoms with Crippen LogP contribution in [0.3, 0.4) is 0 Å². The lowest BCUT2D eigenvalue weighted by molar-refractivity contribution is 0.474. The molecule has 0 spiro atoms. The summed E-state index contributed by atoms with van der Waals surface area (Å²) < 4.78 is 25.4. The van der Waals surface area contributed by atoms with E-state index in [4.69, 9.17) is 11.6 Å². The molecule has 0 saturated carbocycles. The third-order valence-corrected chi connectivity index (χ3v) is 5.89. The lowest BCUT2D eigenvalue weighted by Gasteiger charge is -2.34. The lowest BCUT2D eigenvalue weighted by Crippen LogP contribution is -2.34. The van der Waals surface area contributed by atoms with E-state index in [1.165, 1.54) is 12.1 Å². The molecule has 0 radical (unpaired) electrons. The smallest absolute Gasteiger partial charge is 0.175 e. The normalized spacial score (nSPS) is 16.0. The maximum atomic E-state index is 11.8. The number of hydrogen-bond donors (Lipinski definition) is 0. The highest BCUT2D eigenvalue weighted by molar-refractivity contribution is 7.90. The zero-order valence-corrected chi connectivity index (χ0v) is 15.5. The third kappa shape index (κ3) is 3.48. The summed E-state index contributed by atoms with van der Waals surface area (Å²) in [4.78, 5) is 2.10. The Balaban J connectivity index is 1.86. The summed E-state index contributed by atoms with van der Waals surface area (Å²) in [7, 11) is -1.49. The van der Waals surface area contributed by atoms with Crippen LogP contribution in [0.1, 0.15) is 30.1 Å². The van der Waals surface area contributed by atoms with Crippen molar-refractivity contribution in [2.45, 2.75) is 23.7 Å². The first-order chi connectivity index (χ1) is 11.8. The van der Waals surface area contributed by atoms with E-state index in [-0.39, 0.29) is 15.5 Å². The summed E-state index contributed by atoms with van der Waals surface area (Å²) in [6.45, 7) is 1.42. The van der Waals surface area contributed by atoms with E-state index < -0.39 is 9.84 Å². The van der Waals surface area contributed by atoms with Crippen molar-refractivity contribution in [1.29, 1.82) is 5.26 Å². The number of nitrogens with zero attached hydrogens (tertiary/aromatic N) is 5. The van der Waals surface area contributed by atoms with Crippen molar-refractivity contribution in [1.82, 2.24) is 14.8 Å². The van der Waals surface area contributed by atoms with Crippen molar-refractivity contribution in [2.75, 3.05) is 24.2 Å². The maximum Gasteiger partial charge on any atom is 0.175 e. The number of rotatable bonds is 3. The van der Waals surface area contributed by atoms with E-state index in [1.54, 1.807) is 6.33 Å². The summed E-state index contributed by atoms with van der Waals surface area (Å²) >= 11 is 6.33. The average Bonchev–Trinajstić information content (AvgIpc) is 2.99. The standard InChI is InChI=1S/C16H18ClN5O2S/c1-21-10-19-20-16(21)11-3-5-22(6-4-11)15-12(9-18)7-13(8-14(15)17)25(2,23)24/h7-8,10-11H,3-6H2,1-2H3. The first-order valence-corrected chi connectivity index (χ1v) is 10.1. The van der Waals surface area contributed by atoms with Crippen LogP contribution in [0.5, 0.6) is 0 Å². The Morgan fingerprint density at radius 2 is 2.00 bits per heavy atom. The van der Waals surface area contributed by atoms with Gasteiger partial charge in [0, 0.05) is 32.3 Å². The Labute approximate surface area is 151 Å². The number of nitriles is 1. The Morgan fingerprint density at radius 1 is 1.32 bits per heavy atom. The van der Waals surface area contributed by atoms with Crippen LogP contribution < -0.4 is 4.90 Å². The minimum Gasteiger partial charge on any atom is -0.369 e. The fraction of sp³-hybridized carbons (Fsp3) is 0.438. The number of sulfone groups is 1. The molecular formula is C16H18ClN5O2S. The molecule has 1 aliphatic rings. The molecule has 1 aromatic carbocycles. The van der Waals surface area contributed by atoms with Gasteiger partial charge >= 0.3 is 0 Å². The van der Waals surface area contributed by atoms with Gasteiger partial charge in [-0.2, -0.15) is 5.26 Å². The van der Waals surface area contributed by atoms with Gasteiger partial charge in [-0.1, -0.05) is 11.6 Å². The van der Waals surface area contributed by atoms with E-state index in [2.05, 4.69) is 16.3 Å². The fourth-order valence-corrected chi connectivity index (χ4v) is 4.29. The minimum absolute atomic E-state index is 0.0618. The fourth-order valence-electron chi connectivity index (χ4n) is 3.22. The zero-order valence-electron chi connectivity index (χ0n) is 14.0. The molecule has 1 aromatic heterocycles. The van der Waals surface area contributed by atoms with Gasteiger partial charge in [-0.25, -0.2) is 8.42 Å². The van der Waals surface area contributed by atoms with Gasteiger partial charge in [0.25, 0.3) is 0 Å². The number of piperidine rings is 1. The summed E-state index contributed by atoms with van der Waals surface area (Å²) in [5.74, 6) is 1.27. The van der Waals surface area contributed by atoms with Gasteiger partial charge in [0.05, 0.1) is 21.2 Å². The van der Waals surface area contributed by atoms with Crippen LogP contribution in [0.2, 0.25) is 5.02 Å². The van der Waals surface area contributed by atoms with Crippen molar-refractivity contribution in [3.05, 3.63) is 34.9 Å². The van der Waals surface area contributed by atoms with E-state index >= 15 is 0 Å². The monoisotopic (exact) mass is 379 g/mol. The van der Waals surface area contributed by atoms with E-state index in [0.717, 1.165) is 24.9 Å². The topological polar surface area (TPSA) is 91.9 Å². The Hall–Kier alpha value is -2.11. The quantitative estimate of drug-likeness (QED) is 0.811. The molecule has 3 rings (SSSR count). The summed E-state index contributed by atoms with van der Waals surface area (Å²) in [5, 5.41) is 17.8. The first-order valence-electron chi connectivity index (χ1n) is 7.84. The molecule has 1 fully saturated rings. The molecule has 0 bridgehead atoms. The van der Waals surface area contributed by atoms with E-state index in [0.29, 0.717) is 24.7 Å². The number of halogens is 1. The van der Waals surface area contributed by atoms with E-state index in [1.807, 2.05) is 16.5 Å². The van der Waals surface area contributed by atoms with Gasteiger partial charge in [0.1, 0.15) is 18.2 Å². The number of benzene rings is 1. The molecule has 0 aliphatic carbocycles. The van der Waals surface area contributed by atoms with Crippen molar-refractivity contribution < 1.29 is 8.42 Å². The zero-order chi connectivity index (χ0) is 18.2. The molecule has 132 valence electrons. The molecule has 25 heavy (non-hydrogen) atoms. The van der Waals surface area contributed by atoms with Crippen molar-refractivity contribution >= 4 is 27.1 Å². The molecule has 0 amide bonds. The lowest BCUT2D eigenvalue weighted by atomic mass is 9.95. The molecule has 1 saturated heterocycles. The highest BCUT2D eigenvalue weighted by atomic mass is 35.5. The molecule has 1 aliphatic heterocycles. The third-order valence-electron chi connectivity index (χ3n) is 4.51.